The molecule has 1 heterocycles. The highest BCUT2D eigenvalue weighted by Crippen LogP contribution is 2.09. The van der Waals surface area contributed by atoms with E-state index in [9.17, 15) is 4.79 Å². The quantitative estimate of drug-likeness (QED) is 0.628. The van der Waals surface area contributed by atoms with Crippen molar-refractivity contribution in [3.63, 3.8) is 0 Å². The van der Waals surface area contributed by atoms with Gasteiger partial charge in [0.15, 0.2) is 0 Å². The van der Waals surface area contributed by atoms with Crippen molar-refractivity contribution in [3.05, 3.63) is 0 Å². The van der Waals surface area contributed by atoms with Gasteiger partial charge in [-0.3, -0.25) is 0 Å². The maximum Gasteiger partial charge on any atom is 0.320 e. The minimum atomic E-state index is 0.214. The average Bonchev–Trinajstić information content (AvgIpc) is 2.32. The van der Waals surface area contributed by atoms with Crippen LogP contribution in [0.15, 0.2) is 0 Å². The number of rotatable bonds is 3. The monoisotopic (exact) mass is 170 g/mol. The van der Waals surface area contributed by atoms with Crippen molar-refractivity contribution in [1.29, 1.82) is 0 Å². The molecule has 0 N–H and O–H groups in total. The van der Waals surface area contributed by atoms with E-state index in [1.807, 2.05) is 16.7 Å². The molecular weight excluding hydrogens is 152 g/mol. The summed E-state index contributed by atoms with van der Waals surface area (Å²) >= 11 is 0. The summed E-state index contributed by atoms with van der Waals surface area (Å²) in [5, 5.41) is 0. The molecular formula is C9H18N2O. The van der Waals surface area contributed by atoms with Gasteiger partial charge in [-0.1, -0.05) is 13.8 Å². The summed E-state index contributed by atoms with van der Waals surface area (Å²) in [5.41, 5.74) is 0. The molecule has 70 valence electrons. The van der Waals surface area contributed by atoms with Gasteiger partial charge in [-0.2, -0.15) is 0 Å². The Balaban J connectivity index is 2.44. The van der Waals surface area contributed by atoms with Crippen LogP contribution in [-0.4, -0.2) is 42.0 Å². The Bertz CT molecular complexity index is 168. The molecule has 0 spiro atoms. The van der Waals surface area contributed by atoms with E-state index in [1.54, 1.807) is 0 Å². The lowest BCUT2D eigenvalue weighted by Gasteiger charge is -2.18. The molecule has 12 heavy (non-hydrogen) atoms. The predicted octanol–water partition coefficient (Wildman–Crippen LogP) is 1.40. The van der Waals surface area contributed by atoms with Crippen molar-refractivity contribution in [1.82, 2.24) is 9.80 Å². The van der Waals surface area contributed by atoms with E-state index in [2.05, 4.69) is 13.8 Å². The van der Waals surface area contributed by atoms with Crippen LogP contribution in [0.1, 0.15) is 20.8 Å². The number of urea groups is 1. The van der Waals surface area contributed by atoms with Gasteiger partial charge in [0.2, 0.25) is 0 Å². The molecule has 1 aliphatic heterocycles. The normalized spacial score (nSPS) is 18.2. The van der Waals surface area contributed by atoms with Crippen LogP contribution in [-0.2, 0) is 0 Å². The molecule has 1 saturated heterocycles. The fourth-order valence-corrected chi connectivity index (χ4v) is 1.54. The summed E-state index contributed by atoms with van der Waals surface area (Å²) in [5.74, 6) is 0.575. The highest BCUT2D eigenvalue weighted by atomic mass is 16.2. The van der Waals surface area contributed by atoms with E-state index in [0.717, 1.165) is 26.2 Å². The van der Waals surface area contributed by atoms with Crippen molar-refractivity contribution in [2.75, 3.05) is 26.2 Å². The van der Waals surface area contributed by atoms with E-state index < -0.39 is 0 Å². The molecule has 0 saturated carbocycles. The Morgan fingerprint density at radius 1 is 1.33 bits per heavy atom. The lowest BCUT2D eigenvalue weighted by Crippen LogP contribution is -2.33. The van der Waals surface area contributed by atoms with Gasteiger partial charge in [-0.25, -0.2) is 4.79 Å². The molecule has 0 radical (unpaired) electrons. The molecule has 0 aromatic rings. The van der Waals surface area contributed by atoms with Crippen molar-refractivity contribution in [2.24, 2.45) is 5.92 Å². The molecule has 0 aromatic carbocycles. The Morgan fingerprint density at radius 2 is 1.92 bits per heavy atom. The van der Waals surface area contributed by atoms with Crippen LogP contribution >= 0.6 is 0 Å². The SMILES string of the molecule is CCN1CCN(CC(C)C)C1=O. The number of carbonyl (C=O) groups is 1. The Kier molecular flexibility index (Phi) is 2.95. The first-order valence-corrected chi connectivity index (χ1v) is 4.69. The van der Waals surface area contributed by atoms with Crippen LogP contribution in [0.3, 0.4) is 0 Å². The highest BCUT2D eigenvalue weighted by Gasteiger charge is 2.26. The third kappa shape index (κ3) is 1.90. The van der Waals surface area contributed by atoms with Crippen LogP contribution < -0.4 is 0 Å². The lowest BCUT2D eigenvalue weighted by atomic mass is 10.2. The van der Waals surface area contributed by atoms with Gasteiger partial charge < -0.3 is 9.80 Å². The van der Waals surface area contributed by atoms with Crippen LogP contribution in [0, 0.1) is 5.92 Å². The third-order valence-corrected chi connectivity index (χ3v) is 2.15. The number of amides is 2. The zero-order chi connectivity index (χ0) is 9.14. The Labute approximate surface area is 74.3 Å². The Hall–Kier alpha value is -0.730. The summed E-state index contributed by atoms with van der Waals surface area (Å²) < 4.78 is 0. The first-order valence-electron chi connectivity index (χ1n) is 4.69. The van der Waals surface area contributed by atoms with E-state index >= 15 is 0 Å². The molecule has 0 bridgehead atoms. The first-order chi connectivity index (χ1) is 5.65. The zero-order valence-electron chi connectivity index (χ0n) is 8.21. The standard InChI is InChI=1S/C9H18N2O/c1-4-10-5-6-11(9(10)12)7-8(2)3/h8H,4-7H2,1-3H3. The van der Waals surface area contributed by atoms with Gasteiger partial charge >= 0.3 is 6.03 Å². The third-order valence-electron chi connectivity index (χ3n) is 2.15. The van der Waals surface area contributed by atoms with E-state index in [1.165, 1.54) is 0 Å². The minimum Gasteiger partial charge on any atom is -0.323 e. The van der Waals surface area contributed by atoms with Crippen LogP contribution in [0.5, 0.6) is 0 Å². The van der Waals surface area contributed by atoms with Gasteiger partial charge in [0.25, 0.3) is 0 Å². The second-order valence-electron chi connectivity index (χ2n) is 3.70. The summed E-state index contributed by atoms with van der Waals surface area (Å²) in [6, 6.07) is 0.214. The highest BCUT2D eigenvalue weighted by molar-refractivity contribution is 5.76. The molecule has 2 amide bonds. The number of hydrogen-bond acceptors (Lipinski definition) is 1. The molecule has 0 unspecified atom stereocenters. The maximum absolute atomic E-state index is 11.5. The summed E-state index contributed by atoms with van der Waals surface area (Å²) in [4.78, 5) is 15.4. The molecule has 1 aliphatic rings. The summed E-state index contributed by atoms with van der Waals surface area (Å²) in [6.07, 6.45) is 0. The second kappa shape index (κ2) is 3.78. The van der Waals surface area contributed by atoms with Gasteiger partial charge in [0, 0.05) is 26.2 Å². The summed E-state index contributed by atoms with van der Waals surface area (Å²) in [6.45, 7) is 9.86. The van der Waals surface area contributed by atoms with E-state index in [4.69, 9.17) is 0 Å². The molecule has 1 rings (SSSR count). The fraction of sp³-hybridized carbons (Fsp3) is 0.889. The first kappa shape index (κ1) is 9.36. The zero-order valence-corrected chi connectivity index (χ0v) is 8.21. The fourth-order valence-electron chi connectivity index (χ4n) is 1.54. The van der Waals surface area contributed by atoms with Crippen molar-refractivity contribution in [2.45, 2.75) is 20.8 Å². The topological polar surface area (TPSA) is 23.6 Å². The van der Waals surface area contributed by atoms with Gasteiger partial charge in [-0.05, 0) is 12.8 Å². The van der Waals surface area contributed by atoms with Crippen molar-refractivity contribution < 1.29 is 4.79 Å². The van der Waals surface area contributed by atoms with Crippen molar-refractivity contribution >= 4 is 6.03 Å². The molecule has 1 fully saturated rings. The van der Waals surface area contributed by atoms with Crippen LogP contribution in [0.4, 0.5) is 4.79 Å². The van der Waals surface area contributed by atoms with E-state index in [-0.39, 0.29) is 6.03 Å². The minimum absolute atomic E-state index is 0.214. The number of likely N-dealkylation sites (N-methyl/N-ethyl adjacent to an activating group) is 1. The lowest BCUT2D eigenvalue weighted by molar-refractivity contribution is 0.189. The molecule has 0 atom stereocenters. The van der Waals surface area contributed by atoms with E-state index in [0.29, 0.717) is 5.92 Å². The molecule has 0 aromatic heterocycles. The maximum atomic E-state index is 11.5. The molecule has 3 heteroatoms. The number of hydrogen-bond donors (Lipinski definition) is 0. The molecule has 0 aliphatic carbocycles. The summed E-state index contributed by atoms with van der Waals surface area (Å²) in [7, 11) is 0. The van der Waals surface area contributed by atoms with Gasteiger partial charge in [0.1, 0.15) is 0 Å². The smallest absolute Gasteiger partial charge is 0.320 e. The van der Waals surface area contributed by atoms with Gasteiger partial charge in [0.05, 0.1) is 0 Å². The van der Waals surface area contributed by atoms with Gasteiger partial charge in [-0.15, -0.1) is 0 Å². The van der Waals surface area contributed by atoms with Crippen LogP contribution in [0.2, 0.25) is 0 Å². The van der Waals surface area contributed by atoms with Crippen molar-refractivity contribution in [3.8, 4) is 0 Å². The number of nitrogens with zero attached hydrogens (tertiary/aromatic N) is 2. The predicted molar refractivity (Wildman–Crippen MR) is 49.1 cm³/mol. The number of carbonyl (C=O) groups excluding carboxylic acids is 1. The average molecular weight is 170 g/mol. The largest absolute Gasteiger partial charge is 0.323 e. The Morgan fingerprint density at radius 3 is 2.33 bits per heavy atom. The molecule has 3 nitrogen and oxygen atoms in total. The van der Waals surface area contributed by atoms with Crippen LogP contribution in [0.25, 0.3) is 0 Å². The second-order valence-corrected chi connectivity index (χ2v) is 3.70.